The van der Waals surface area contributed by atoms with E-state index in [0.717, 1.165) is 24.8 Å². The lowest BCUT2D eigenvalue weighted by Gasteiger charge is -2.10. The van der Waals surface area contributed by atoms with Gasteiger partial charge in [0.25, 0.3) is 0 Å². The first-order chi connectivity index (χ1) is 6.72. The van der Waals surface area contributed by atoms with Crippen molar-refractivity contribution < 1.29 is 10.2 Å². The van der Waals surface area contributed by atoms with Gasteiger partial charge in [-0.2, -0.15) is 0 Å². The van der Waals surface area contributed by atoms with Gasteiger partial charge in [-0.05, 0) is 30.0 Å². The number of phenols is 1. The molecule has 14 heavy (non-hydrogen) atoms. The Morgan fingerprint density at radius 1 is 1.14 bits per heavy atom. The molecular weight excluding hydrogens is 176 g/mol. The van der Waals surface area contributed by atoms with Crippen molar-refractivity contribution in [3.63, 3.8) is 0 Å². The molecule has 0 saturated heterocycles. The molecule has 0 amide bonds. The van der Waals surface area contributed by atoms with Gasteiger partial charge in [0.15, 0.2) is 0 Å². The quantitative estimate of drug-likeness (QED) is 0.772. The van der Waals surface area contributed by atoms with Crippen LogP contribution in [0, 0.1) is 0 Å². The Labute approximate surface area is 85.2 Å². The smallest absolute Gasteiger partial charge is 0.124 e. The topological polar surface area (TPSA) is 40.5 Å². The standard InChI is InChI=1S/C12H18O2/c1-3-5-10-6-9(4-2)7-11(8-13)12(10)14/h6-7,13-14H,3-5,8H2,1-2H3. The third-order valence-corrected chi connectivity index (χ3v) is 2.43. The molecule has 0 atom stereocenters. The summed E-state index contributed by atoms with van der Waals surface area (Å²) in [6, 6.07) is 3.90. The van der Waals surface area contributed by atoms with Gasteiger partial charge in [-0.15, -0.1) is 0 Å². The summed E-state index contributed by atoms with van der Waals surface area (Å²) in [5.74, 6) is 0.270. The Kier molecular flexibility index (Phi) is 3.96. The fraction of sp³-hybridized carbons (Fsp3) is 0.500. The first-order valence-corrected chi connectivity index (χ1v) is 5.17. The maximum absolute atomic E-state index is 9.78. The molecule has 0 saturated carbocycles. The number of hydrogen-bond donors (Lipinski definition) is 2. The van der Waals surface area contributed by atoms with E-state index in [4.69, 9.17) is 5.11 Å². The highest BCUT2D eigenvalue weighted by Crippen LogP contribution is 2.26. The number of aliphatic hydroxyl groups is 1. The van der Waals surface area contributed by atoms with E-state index >= 15 is 0 Å². The third kappa shape index (κ3) is 2.26. The maximum atomic E-state index is 9.78. The van der Waals surface area contributed by atoms with Crippen LogP contribution >= 0.6 is 0 Å². The van der Waals surface area contributed by atoms with Crippen LogP contribution in [0.25, 0.3) is 0 Å². The molecule has 0 bridgehead atoms. The zero-order valence-corrected chi connectivity index (χ0v) is 8.88. The molecule has 1 aromatic rings. The van der Waals surface area contributed by atoms with Crippen molar-refractivity contribution in [1.82, 2.24) is 0 Å². The number of benzene rings is 1. The van der Waals surface area contributed by atoms with Gasteiger partial charge >= 0.3 is 0 Å². The highest BCUT2D eigenvalue weighted by atomic mass is 16.3. The number of hydrogen-bond acceptors (Lipinski definition) is 2. The fourth-order valence-electron chi connectivity index (χ4n) is 1.62. The van der Waals surface area contributed by atoms with Crippen molar-refractivity contribution in [2.75, 3.05) is 0 Å². The fourth-order valence-corrected chi connectivity index (χ4v) is 1.62. The van der Waals surface area contributed by atoms with Crippen LogP contribution in [-0.2, 0) is 19.4 Å². The van der Waals surface area contributed by atoms with Gasteiger partial charge in [-0.1, -0.05) is 26.3 Å². The van der Waals surface area contributed by atoms with Crippen LogP contribution in [0.3, 0.4) is 0 Å². The van der Waals surface area contributed by atoms with Crippen molar-refractivity contribution >= 4 is 0 Å². The van der Waals surface area contributed by atoms with E-state index < -0.39 is 0 Å². The zero-order valence-electron chi connectivity index (χ0n) is 8.88. The lowest BCUT2D eigenvalue weighted by Crippen LogP contribution is -1.94. The van der Waals surface area contributed by atoms with E-state index in [2.05, 4.69) is 13.8 Å². The summed E-state index contributed by atoms with van der Waals surface area (Å²) >= 11 is 0. The van der Waals surface area contributed by atoms with Crippen LogP contribution < -0.4 is 0 Å². The number of rotatable bonds is 4. The summed E-state index contributed by atoms with van der Waals surface area (Å²) in [5, 5.41) is 18.9. The molecular formula is C12H18O2. The summed E-state index contributed by atoms with van der Waals surface area (Å²) in [6.45, 7) is 4.07. The van der Waals surface area contributed by atoms with E-state index in [1.54, 1.807) is 0 Å². The van der Waals surface area contributed by atoms with E-state index in [-0.39, 0.29) is 12.4 Å². The lowest BCUT2D eigenvalue weighted by atomic mass is 10.00. The number of aryl methyl sites for hydroxylation is 2. The summed E-state index contributed by atoms with van der Waals surface area (Å²) in [4.78, 5) is 0. The summed E-state index contributed by atoms with van der Waals surface area (Å²) in [5.41, 5.74) is 2.78. The first-order valence-electron chi connectivity index (χ1n) is 5.17. The first kappa shape index (κ1) is 11.1. The molecule has 0 aromatic heterocycles. The van der Waals surface area contributed by atoms with E-state index in [1.807, 2.05) is 12.1 Å². The van der Waals surface area contributed by atoms with E-state index in [1.165, 1.54) is 5.56 Å². The molecule has 0 aliphatic heterocycles. The van der Waals surface area contributed by atoms with Crippen molar-refractivity contribution in [1.29, 1.82) is 0 Å². The monoisotopic (exact) mass is 194 g/mol. The summed E-state index contributed by atoms with van der Waals surface area (Å²) in [6.07, 6.45) is 2.81. The third-order valence-electron chi connectivity index (χ3n) is 2.43. The molecule has 0 aliphatic carbocycles. The van der Waals surface area contributed by atoms with Crippen LogP contribution in [0.15, 0.2) is 12.1 Å². The Balaban J connectivity index is 3.12. The molecule has 78 valence electrons. The molecule has 2 nitrogen and oxygen atoms in total. The van der Waals surface area contributed by atoms with E-state index in [9.17, 15) is 5.11 Å². The molecule has 0 radical (unpaired) electrons. The van der Waals surface area contributed by atoms with Gasteiger partial charge < -0.3 is 10.2 Å². The minimum Gasteiger partial charge on any atom is -0.507 e. The minimum absolute atomic E-state index is 0.0869. The molecule has 1 aromatic carbocycles. The van der Waals surface area contributed by atoms with Gasteiger partial charge in [-0.3, -0.25) is 0 Å². The molecule has 0 heterocycles. The number of aliphatic hydroxyl groups excluding tert-OH is 1. The second-order valence-corrected chi connectivity index (χ2v) is 3.52. The van der Waals surface area contributed by atoms with Gasteiger partial charge in [0, 0.05) is 5.56 Å². The number of aromatic hydroxyl groups is 1. The molecule has 2 heteroatoms. The van der Waals surface area contributed by atoms with Crippen molar-refractivity contribution in [2.24, 2.45) is 0 Å². The second-order valence-electron chi connectivity index (χ2n) is 3.52. The van der Waals surface area contributed by atoms with Crippen LogP contribution in [0.1, 0.15) is 37.0 Å². The maximum Gasteiger partial charge on any atom is 0.124 e. The van der Waals surface area contributed by atoms with Gasteiger partial charge in [0.2, 0.25) is 0 Å². The minimum atomic E-state index is -0.0869. The molecule has 0 aliphatic rings. The SMILES string of the molecule is CCCc1cc(CC)cc(CO)c1O. The van der Waals surface area contributed by atoms with Crippen LogP contribution in [-0.4, -0.2) is 10.2 Å². The molecule has 2 N–H and O–H groups in total. The van der Waals surface area contributed by atoms with Crippen molar-refractivity contribution in [2.45, 2.75) is 39.7 Å². The predicted octanol–water partition coefficient (Wildman–Crippen LogP) is 2.40. The van der Waals surface area contributed by atoms with Crippen LogP contribution in [0.2, 0.25) is 0 Å². The largest absolute Gasteiger partial charge is 0.507 e. The Bertz CT molecular complexity index is 305. The predicted molar refractivity (Wildman–Crippen MR) is 57.4 cm³/mol. The summed E-state index contributed by atoms with van der Waals surface area (Å²) in [7, 11) is 0. The molecule has 0 unspecified atom stereocenters. The Morgan fingerprint density at radius 2 is 1.79 bits per heavy atom. The van der Waals surface area contributed by atoms with E-state index in [0.29, 0.717) is 5.56 Å². The molecule has 0 spiro atoms. The highest BCUT2D eigenvalue weighted by Gasteiger charge is 2.07. The average molecular weight is 194 g/mol. The summed E-state index contributed by atoms with van der Waals surface area (Å²) < 4.78 is 0. The molecule has 1 rings (SSSR count). The molecule has 0 fully saturated rings. The van der Waals surface area contributed by atoms with Gasteiger partial charge in [0.05, 0.1) is 6.61 Å². The average Bonchev–Trinajstić information content (AvgIpc) is 2.21. The van der Waals surface area contributed by atoms with Crippen LogP contribution in [0.5, 0.6) is 5.75 Å². The highest BCUT2D eigenvalue weighted by molar-refractivity contribution is 5.43. The van der Waals surface area contributed by atoms with Gasteiger partial charge in [-0.25, -0.2) is 0 Å². The van der Waals surface area contributed by atoms with Crippen molar-refractivity contribution in [3.8, 4) is 5.75 Å². The second kappa shape index (κ2) is 5.01. The normalized spacial score (nSPS) is 10.5. The van der Waals surface area contributed by atoms with Gasteiger partial charge in [0.1, 0.15) is 5.75 Å². The van der Waals surface area contributed by atoms with Crippen LogP contribution in [0.4, 0.5) is 0 Å². The zero-order chi connectivity index (χ0) is 10.6. The Hall–Kier alpha value is -1.02. The van der Waals surface area contributed by atoms with Crippen molar-refractivity contribution in [3.05, 3.63) is 28.8 Å². The Morgan fingerprint density at radius 3 is 2.29 bits per heavy atom. The lowest BCUT2D eigenvalue weighted by molar-refractivity contribution is 0.275.